The van der Waals surface area contributed by atoms with E-state index in [2.05, 4.69) is 0 Å². The van der Waals surface area contributed by atoms with Gasteiger partial charge in [0, 0.05) is 0 Å². The second-order valence-electron chi connectivity index (χ2n) is 6.20. The number of benzene rings is 1. The summed E-state index contributed by atoms with van der Waals surface area (Å²) in [4.78, 5) is -0.215. The minimum Gasteiger partial charge on any atom is -0.223 e. The highest BCUT2D eigenvalue weighted by atomic mass is 32.2. The summed E-state index contributed by atoms with van der Waals surface area (Å²) >= 11 is 0. The molecule has 0 N–H and O–H groups in total. The van der Waals surface area contributed by atoms with Crippen molar-refractivity contribution in [1.82, 2.24) is 0 Å². The molecule has 0 saturated heterocycles. The van der Waals surface area contributed by atoms with E-state index in [-0.39, 0.29) is 4.90 Å². The molecule has 0 spiro atoms. The Bertz CT molecular complexity index is 552. The van der Waals surface area contributed by atoms with E-state index in [9.17, 15) is 12.8 Å². The fourth-order valence-electron chi connectivity index (χ4n) is 1.50. The van der Waals surface area contributed by atoms with Crippen molar-refractivity contribution < 1.29 is 12.8 Å². The Morgan fingerprint density at radius 3 is 1.94 bits per heavy atom. The second kappa shape index (κ2) is 4.34. The van der Waals surface area contributed by atoms with Gasteiger partial charge in [0.2, 0.25) is 0 Å². The fraction of sp³-hybridized carbons (Fsp3) is 0.571. The number of sulfone groups is 1. The summed E-state index contributed by atoms with van der Waals surface area (Å²) in [5.74, 6) is -0.674. The fourth-order valence-corrected chi connectivity index (χ4v) is 3.42. The highest BCUT2D eigenvalue weighted by Gasteiger charge is 2.46. The van der Waals surface area contributed by atoms with Crippen molar-refractivity contribution in [2.45, 2.75) is 51.2 Å². The summed E-state index contributed by atoms with van der Waals surface area (Å²) in [7, 11) is -3.72. The van der Waals surface area contributed by atoms with Crippen LogP contribution in [0.3, 0.4) is 0 Å². The molecule has 0 radical (unpaired) electrons. The number of rotatable bonds is 2. The van der Waals surface area contributed by atoms with Gasteiger partial charge in [-0.2, -0.15) is 0 Å². The molecule has 0 fully saturated rings. The molecule has 2 nitrogen and oxygen atoms in total. The predicted molar refractivity (Wildman–Crippen MR) is 71.9 cm³/mol. The Morgan fingerprint density at radius 1 is 1.06 bits per heavy atom. The lowest BCUT2D eigenvalue weighted by Crippen LogP contribution is -2.44. The molecule has 0 unspecified atom stereocenters. The highest BCUT2D eigenvalue weighted by Crippen LogP contribution is 2.40. The van der Waals surface area contributed by atoms with E-state index >= 15 is 0 Å². The van der Waals surface area contributed by atoms with Gasteiger partial charge in [-0.3, -0.25) is 0 Å². The molecular formula is C14H21FO2S. The standard InChI is InChI=1S/C14H21FO2S/c1-10-7-8-12(11(15)9-10)18(16,17)14(5,6)13(2,3)4/h7-9H,1-6H3. The molecule has 0 heterocycles. The smallest absolute Gasteiger partial charge is 0.186 e. The average Bonchev–Trinajstić information content (AvgIpc) is 2.14. The minimum absolute atomic E-state index is 0.215. The van der Waals surface area contributed by atoms with E-state index < -0.39 is 25.8 Å². The molecule has 0 amide bonds. The molecule has 0 aliphatic heterocycles. The zero-order valence-corrected chi connectivity index (χ0v) is 12.7. The summed E-state index contributed by atoms with van der Waals surface area (Å²) in [5, 5.41) is 0. The zero-order valence-electron chi connectivity index (χ0n) is 11.8. The van der Waals surface area contributed by atoms with Gasteiger partial charge in [-0.15, -0.1) is 0 Å². The van der Waals surface area contributed by atoms with Crippen LogP contribution in [0, 0.1) is 18.2 Å². The lowest BCUT2D eigenvalue weighted by atomic mass is 9.83. The Hall–Kier alpha value is -0.900. The third-order valence-electron chi connectivity index (χ3n) is 3.85. The van der Waals surface area contributed by atoms with Crippen LogP contribution in [0.15, 0.2) is 23.1 Å². The number of hydrogen-bond donors (Lipinski definition) is 0. The maximum atomic E-state index is 13.9. The van der Waals surface area contributed by atoms with Gasteiger partial charge in [-0.1, -0.05) is 26.8 Å². The first-order chi connectivity index (χ1) is 7.91. The van der Waals surface area contributed by atoms with E-state index in [1.807, 2.05) is 20.8 Å². The van der Waals surface area contributed by atoms with Crippen molar-refractivity contribution >= 4 is 9.84 Å². The Balaban J connectivity index is 3.49. The van der Waals surface area contributed by atoms with Crippen LogP contribution >= 0.6 is 0 Å². The Kier molecular flexibility index (Phi) is 3.65. The van der Waals surface area contributed by atoms with Gasteiger partial charge in [0.15, 0.2) is 9.84 Å². The van der Waals surface area contributed by atoms with Gasteiger partial charge in [0.05, 0.1) is 4.75 Å². The van der Waals surface area contributed by atoms with Crippen LogP contribution in [-0.2, 0) is 9.84 Å². The summed E-state index contributed by atoms with van der Waals surface area (Å²) in [6.45, 7) is 10.5. The summed E-state index contributed by atoms with van der Waals surface area (Å²) < 4.78 is 38.0. The van der Waals surface area contributed by atoms with Crippen molar-refractivity contribution in [2.75, 3.05) is 0 Å². The number of hydrogen-bond acceptors (Lipinski definition) is 2. The Morgan fingerprint density at radius 2 is 1.56 bits per heavy atom. The van der Waals surface area contributed by atoms with Crippen LogP contribution in [0.25, 0.3) is 0 Å². The van der Waals surface area contributed by atoms with E-state index in [0.717, 1.165) is 0 Å². The molecule has 1 aromatic rings. The van der Waals surface area contributed by atoms with Crippen LogP contribution in [-0.4, -0.2) is 13.2 Å². The van der Waals surface area contributed by atoms with Gasteiger partial charge >= 0.3 is 0 Å². The monoisotopic (exact) mass is 272 g/mol. The van der Waals surface area contributed by atoms with Crippen molar-refractivity contribution in [2.24, 2.45) is 5.41 Å². The van der Waals surface area contributed by atoms with Crippen molar-refractivity contribution in [3.05, 3.63) is 29.6 Å². The second-order valence-corrected chi connectivity index (χ2v) is 8.66. The minimum atomic E-state index is -3.72. The molecule has 1 rings (SSSR count). The van der Waals surface area contributed by atoms with Crippen LogP contribution in [0.1, 0.15) is 40.2 Å². The normalized spacial score (nSPS) is 13.7. The quantitative estimate of drug-likeness (QED) is 0.822. The van der Waals surface area contributed by atoms with Crippen molar-refractivity contribution in [1.29, 1.82) is 0 Å². The first-order valence-corrected chi connectivity index (χ1v) is 7.40. The van der Waals surface area contributed by atoms with Crippen molar-refractivity contribution in [3.8, 4) is 0 Å². The van der Waals surface area contributed by atoms with Crippen LogP contribution in [0.5, 0.6) is 0 Å². The molecule has 0 aliphatic rings. The summed E-state index contributed by atoms with van der Waals surface area (Å²) in [6, 6.07) is 4.23. The summed E-state index contributed by atoms with van der Waals surface area (Å²) in [6.07, 6.45) is 0. The van der Waals surface area contributed by atoms with Gasteiger partial charge in [0.1, 0.15) is 10.7 Å². The molecule has 1 aromatic carbocycles. The number of aryl methyl sites for hydroxylation is 1. The highest BCUT2D eigenvalue weighted by molar-refractivity contribution is 7.92. The average molecular weight is 272 g/mol. The summed E-state index contributed by atoms with van der Waals surface area (Å²) in [5.41, 5.74) is 0.225. The SMILES string of the molecule is Cc1ccc(S(=O)(=O)C(C)(C)C(C)(C)C)c(F)c1. The topological polar surface area (TPSA) is 34.1 Å². The molecule has 0 bridgehead atoms. The van der Waals surface area contributed by atoms with E-state index in [1.165, 1.54) is 12.1 Å². The molecule has 0 atom stereocenters. The molecule has 102 valence electrons. The molecule has 4 heteroatoms. The van der Waals surface area contributed by atoms with Gasteiger partial charge in [-0.05, 0) is 43.9 Å². The van der Waals surface area contributed by atoms with Crippen LogP contribution in [0.4, 0.5) is 4.39 Å². The zero-order chi connectivity index (χ0) is 14.4. The third-order valence-corrected chi connectivity index (χ3v) is 6.72. The van der Waals surface area contributed by atoms with Gasteiger partial charge in [-0.25, -0.2) is 12.8 Å². The lowest BCUT2D eigenvalue weighted by molar-refractivity contribution is 0.301. The van der Waals surface area contributed by atoms with Gasteiger partial charge in [0.25, 0.3) is 0 Å². The van der Waals surface area contributed by atoms with E-state index in [0.29, 0.717) is 5.56 Å². The predicted octanol–water partition coefficient (Wildman–Crippen LogP) is 3.73. The maximum absolute atomic E-state index is 13.9. The van der Waals surface area contributed by atoms with Crippen molar-refractivity contribution in [3.63, 3.8) is 0 Å². The number of halogens is 1. The van der Waals surface area contributed by atoms with Crippen LogP contribution in [0.2, 0.25) is 0 Å². The Labute approximate surface area is 109 Å². The maximum Gasteiger partial charge on any atom is 0.186 e. The lowest BCUT2D eigenvalue weighted by Gasteiger charge is -2.38. The van der Waals surface area contributed by atoms with Crippen LogP contribution < -0.4 is 0 Å². The third kappa shape index (κ3) is 2.30. The van der Waals surface area contributed by atoms with E-state index in [4.69, 9.17) is 0 Å². The first-order valence-electron chi connectivity index (χ1n) is 5.92. The molecular weight excluding hydrogens is 251 g/mol. The first kappa shape index (κ1) is 15.2. The van der Waals surface area contributed by atoms with E-state index in [1.54, 1.807) is 26.8 Å². The molecule has 18 heavy (non-hydrogen) atoms. The molecule has 0 saturated carbocycles. The molecule has 0 aliphatic carbocycles. The van der Waals surface area contributed by atoms with Gasteiger partial charge < -0.3 is 0 Å². The largest absolute Gasteiger partial charge is 0.223 e. The molecule has 0 aromatic heterocycles.